The maximum absolute atomic E-state index is 12.4. The van der Waals surface area contributed by atoms with Crippen molar-refractivity contribution >= 4 is 27.6 Å². The molecule has 116 valence electrons. The minimum absolute atomic E-state index is 0.0785. The molecule has 2 N–H and O–H groups in total. The summed E-state index contributed by atoms with van der Waals surface area (Å²) in [6, 6.07) is 1.68. The van der Waals surface area contributed by atoms with Crippen LogP contribution >= 0.6 is 11.6 Å². The van der Waals surface area contributed by atoms with Gasteiger partial charge in [0, 0.05) is 11.6 Å². The van der Waals surface area contributed by atoms with Gasteiger partial charge in [0.15, 0.2) is 0 Å². The van der Waals surface area contributed by atoms with Gasteiger partial charge in [-0.05, 0) is 43.0 Å². The molecular weight excluding hydrogens is 314 g/mol. The molecule has 0 aliphatic rings. The van der Waals surface area contributed by atoms with Gasteiger partial charge in [0.05, 0.1) is 11.3 Å². The van der Waals surface area contributed by atoms with E-state index in [-0.39, 0.29) is 22.9 Å². The zero-order chi connectivity index (χ0) is 16.4. The number of carboxylic acids is 1. The third-order valence-corrected chi connectivity index (χ3v) is 4.93. The first kappa shape index (κ1) is 17.7. The van der Waals surface area contributed by atoms with Crippen LogP contribution in [0.25, 0.3) is 0 Å². The van der Waals surface area contributed by atoms with Gasteiger partial charge in [0.25, 0.3) is 0 Å². The lowest BCUT2D eigenvalue weighted by atomic mass is 9.97. The minimum Gasteiger partial charge on any atom is -0.481 e. The molecular formula is C14H18ClNO4S. The molecule has 1 aromatic rings. The molecule has 21 heavy (non-hydrogen) atoms. The zero-order valence-electron chi connectivity index (χ0n) is 12.2. The normalized spacial score (nSPS) is 11.4. The Kier molecular flexibility index (Phi) is 5.55. The average molecular weight is 332 g/mol. The summed E-state index contributed by atoms with van der Waals surface area (Å²) in [6.45, 7) is 8.41. The van der Waals surface area contributed by atoms with E-state index in [0.29, 0.717) is 16.7 Å². The molecule has 0 aromatic heterocycles. The molecule has 0 unspecified atom stereocenters. The summed E-state index contributed by atoms with van der Waals surface area (Å²) < 4.78 is 27.1. The molecule has 7 heteroatoms. The Labute approximate surface area is 129 Å². The second-order valence-corrected chi connectivity index (χ2v) is 7.09. The van der Waals surface area contributed by atoms with E-state index < -0.39 is 16.0 Å². The van der Waals surface area contributed by atoms with E-state index in [0.717, 1.165) is 5.56 Å². The van der Waals surface area contributed by atoms with Crippen molar-refractivity contribution in [2.75, 3.05) is 6.54 Å². The van der Waals surface area contributed by atoms with Crippen LogP contribution in [0.1, 0.15) is 22.3 Å². The SMILES string of the molecule is C=C(Cl)CNS(=O)(=O)c1c(C)cc(C)c(CC(=O)O)c1C. The van der Waals surface area contributed by atoms with Crippen molar-refractivity contribution in [2.45, 2.75) is 32.1 Å². The number of rotatable bonds is 6. The highest BCUT2D eigenvalue weighted by molar-refractivity contribution is 7.89. The molecule has 0 bridgehead atoms. The lowest BCUT2D eigenvalue weighted by molar-refractivity contribution is -0.136. The maximum atomic E-state index is 12.4. The maximum Gasteiger partial charge on any atom is 0.307 e. The molecule has 0 saturated carbocycles. The van der Waals surface area contributed by atoms with Crippen molar-refractivity contribution in [1.82, 2.24) is 4.72 Å². The van der Waals surface area contributed by atoms with Crippen molar-refractivity contribution < 1.29 is 18.3 Å². The fourth-order valence-corrected chi connectivity index (χ4v) is 3.95. The second kappa shape index (κ2) is 6.60. The summed E-state index contributed by atoms with van der Waals surface area (Å²) in [7, 11) is -3.78. The number of hydrogen-bond donors (Lipinski definition) is 2. The molecule has 0 aliphatic heterocycles. The number of aliphatic carboxylic acids is 1. The predicted octanol–water partition coefficient (Wildman–Crippen LogP) is 2.27. The van der Waals surface area contributed by atoms with Crippen LogP contribution in [0.5, 0.6) is 0 Å². The lowest BCUT2D eigenvalue weighted by Gasteiger charge is -2.17. The van der Waals surface area contributed by atoms with Gasteiger partial charge in [0.2, 0.25) is 10.0 Å². The summed E-state index contributed by atoms with van der Waals surface area (Å²) in [5.41, 5.74) is 2.28. The van der Waals surface area contributed by atoms with Crippen LogP contribution in [0, 0.1) is 20.8 Å². The zero-order valence-corrected chi connectivity index (χ0v) is 13.7. The second-order valence-electron chi connectivity index (χ2n) is 4.86. The van der Waals surface area contributed by atoms with Gasteiger partial charge in [-0.1, -0.05) is 24.2 Å². The van der Waals surface area contributed by atoms with Crippen molar-refractivity contribution in [3.63, 3.8) is 0 Å². The first-order valence-corrected chi connectivity index (χ1v) is 8.06. The van der Waals surface area contributed by atoms with E-state index in [2.05, 4.69) is 11.3 Å². The van der Waals surface area contributed by atoms with E-state index in [9.17, 15) is 13.2 Å². The summed E-state index contributed by atoms with van der Waals surface area (Å²) in [4.78, 5) is 11.0. The van der Waals surface area contributed by atoms with Crippen LogP contribution in [0.3, 0.4) is 0 Å². The molecule has 1 aromatic carbocycles. The van der Waals surface area contributed by atoms with Crippen molar-refractivity contribution in [2.24, 2.45) is 0 Å². The molecule has 0 saturated heterocycles. The van der Waals surface area contributed by atoms with Crippen molar-refractivity contribution in [3.8, 4) is 0 Å². The highest BCUT2D eigenvalue weighted by Gasteiger charge is 2.23. The third-order valence-electron chi connectivity index (χ3n) is 3.11. The standard InChI is InChI=1S/C14H18ClNO4S/c1-8-5-9(2)14(11(4)12(8)6-13(17)18)21(19,20)16-7-10(3)15/h5,16H,3,6-7H2,1-2,4H3,(H,17,18). The largest absolute Gasteiger partial charge is 0.481 e. The van der Waals surface area contributed by atoms with Crippen LogP contribution < -0.4 is 4.72 Å². The van der Waals surface area contributed by atoms with Gasteiger partial charge in [-0.3, -0.25) is 4.79 Å². The summed E-state index contributed by atoms with van der Waals surface area (Å²) in [5.74, 6) is -1.00. The lowest BCUT2D eigenvalue weighted by Crippen LogP contribution is -2.27. The number of carbonyl (C=O) groups is 1. The third kappa shape index (κ3) is 4.30. The first-order valence-electron chi connectivity index (χ1n) is 6.20. The molecule has 0 aliphatic carbocycles. The number of sulfonamides is 1. The van der Waals surface area contributed by atoms with E-state index in [1.165, 1.54) is 0 Å². The van der Waals surface area contributed by atoms with Gasteiger partial charge >= 0.3 is 5.97 Å². The number of nitrogens with one attached hydrogen (secondary N) is 1. The van der Waals surface area contributed by atoms with Crippen LogP contribution in [0.4, 0.5) is 0 Å². The van der Waals surface area contributed by atoms with Crippen molar-refractivity contribution in [1.29, 1.82) is 0 Å². The van der Waals surface area contributed by atoms with Gasteiger partial charge in [-0.2, -0.15) is 0 Å². The number of halogens is 1. The molecule has 1 rings (SSSR count). The fourth-order valence-electron chi connectivity index (χ4n) is 2.29. The van der Waals surface area contributed by atoms with Crippen LogP contribution in [-0.4, -0.2) is 26.0 Å². The Balaban J connectivity index is 3.42. The first-order chi connectivity index (χ1) is 9.56. The van der Waals surface area contributed by atoms with Gasteiger partial charge in [0.1, 0.15) is 0 Å². The van der Waals surface area contributed by atoms with Crippen LogP contribution in [0.2, 0.25) is 0 Å². The van der Waals surface area contributed by atoms with Gasteiger partial charge in [-0.15, -0.1) is 0 Å². The molecule has 0 heterocycles. The monoisotopic (exact) mass is 331 g/mol. The minimum atomic E-state index is -3.78. The highest BCUT2D eigenvalue weighted by Crippen LogP contribution is 2.26. The Morgan fingerprint density at radius 3 is 2.38 bits per heavy atom. The fraction of sp³-hybridized carbons (Fsp3) is 0.357. The number of hydrogen-bond acceptors (Lipinski definition) is 3. The van der Waals surface area contributed by atoms with Crippen LogP contribution in [-0.2, 0) is 21.2 Å². The predicted molar refractivity (Wildman–Crippen MR) is 82.2 cm³/mol. The molecule has 0 radical (unpaired) electrons. The highest BCUT2D eigenvalue weighted by atomic mass is 35.5. The quantitative estimate of drug-likeness (QED) is 0.837. The number of aryl methyl sites for hydroxylation is 2. The average Bonchev–Trinajstić information content (AvgIpc) is 2.31. The van der Waals surface area contributed by atoms with Gasteiger partial charge in [-0.25, -0.2) is 13.1 Å². The van der Waals surface area contributed by atoms with E-state index >= 15 is 0 Å². The van der Waals surface area contributed by atoms with E-state index in [4.69, 9.17) is 16.7 Å². The Morgan fingerprint density at radius 2 is 1.90 bits per heavy atom. The molecule has 0 spiro atoms. The Morgan fingerprint density at radius 1 is 1.33 bits per heavy atom. The number of carboxylic acid groups (broad SMARTS) is 1. The summed E-state index contributed by atoms with van der Waals surface area (Å²) in [6.07, 6.45) is -0.220. The van der Waals surface area contributed by atoms with Crippen molar-refractivity contribution in [3.05, 3.63) is 39.9 Å². The van der Waals surface area contributed by atoms with E-state index in [1.807, 2.05) is 0 Å². The van der Waals surface area contributed by atoms with Crippen LogP contribution in [0.15, 0.2) is 22.6 Å². The smallest absolute Gasteiger partial charge is 0.307 e. The van der Waals surface area contributed by atoms with E-state index in [1.54, 1.807) is 26.8 Å². The molecule has 0 atom stereocenters. The summed E-state index contributed by atoms with van der Waals surface area (Å²) in [5, 5.41) is 9.13. The summed E-state index contributed by atoms with van der Waals surface area (Å²) >= 11 is 5.58. The number of benzene rings is 1. The Hall–Kier alpha value is -1.37. The molecule has 0 amide bonds. The topological polar surface area (TPSA) is 83.5 Å². The van der Waals surface area contributed by atoms with Gasteiger partial charge < -0.3 is 5.11 Å². The molecule has 5 nitrogen and oxygen atoms in total. The Bertz CT molecular complexity index is 695. The molecule has 0 fully saturated rings.